The molecule has 0 aliphatic carbocycles. The Kier molecular flexibility index (Phi) is 4.71. The number of anilines is 1. The first-order valence-electron chi connectivity index (χ1n) is 9.42. The number of aryl methyl sites for hydroxylation is 1. The number of nitrogens with two attached hydrogens (primary N) is 1. The molecule has 0 saturated heterocycles. The standard InChI is InChI=1S/C21H20FN7O2/c1-12-25-18(28-31-12)21(4,30)9-7-13-5-6-14-15(11-13)29(27-17(14)20(2,3)22)16-8-10-24-19(23)26-16/h5-6,8,10-11,30H,1-4H3,(H2,23,24,26). The quantitative estimate of drug-likeness (QED) is 0.483. The zero-order chi connectivity index (χ0) is 22.4. The van der Waals surface area contributed by atoms with E-state index < -0.39 is 11.3 Å². The molecule has 0 aliphatic heterocycles. The average molecular weight is 421 g/mol. The summed E-state index contributed by atoms with van der Waals surface area (Å²) in [5.41, 5.74) is 3.82. The van der Waals surface area contributed by atoms with Crippen LogP contribution in [0.4, 0.5) is 10.3 Å². The maximum Gasteiger partial charge on any atom is 0.223 e. The van der Waals surface area contributed by atoms with Crippen molar-refractivity contribution >= 4 is 16.9 Å². The highest BCUT2D eigenvalue weighted by Crippen LogP contribution is 2.32. The number of aromatic nitrogens is 6. The van der Waals surface area contributed by atoms with Crippen LogP contribution in [0.5, 0.6) is 0 Å². The van der Waals surface area contributed by atoms with Crippen molar-refractivity contribution in [3.8, 4) is 17.7 Å². The molecule has 3 N–H and O–H groups in total. The second-order valence-corrected chi connectivity index (χ2v) is 7.70. The third-order valence-corrected chi connectivity index (χ3v) is 4.53. The molecular weight excluding hydrogens is 401 g/mol. The zero-order valence-corrected chi connectivity index (χ0v) is 17.4. The van der Waals surface area contributed by atoms with Gasteiger partial charge in [0.05, 0.1) is 5.52 Å². The monoisotopic (exact) mass is 421 g/mol. The van der Waals surface area contributed by atoms with Crippen LogP contribution in [0.1, 0.15) is 43.7 Å². The van der Waals surface area contributed by atoms with E-state index in [9.17, 15) is 9.50 Å². The number of halogens is 1. The van der Waals surface area contributed by atoms with E-state index in [0.717, 1.165) is 0 Å². The van der Waals surface area contributed by atoms with E-state index in [1.54, 1.807) is 31.2 Å². The molecule has 4 aromatic rings. The summed E-state index contributed by atoms with van der Waals surface area (Å²) in [6, 6.07) is 6.82. The van der Waals surface area contributed by atoms with E-state index in [2.05, 4.69) is 37.0 Å². The second-order valence-electron chi connectivity index (χ2n) is 7.70. The molecule has 1 atom stereocenters. The molecule has 0 saturated carbocycles. The number of hydrogen-bond donors (Lipinski definition) is 2. The van der Waals surface area contributed by atoms with Gasteiger partial charge >= 0.3 is 0 Å². The third kappa shape index (κ3) is 3.95. The summed E-state index contributed by atoms with van der Waals surface area (Å²) in [4.78, 5) is 12.1. The molecular formula is C21H20FN7O2. The fraction of sp³-hybridized carbons (Fsp3) is 0.286. The molecule has 158 valence electrons. The predicted octanol–water partition coefficient (Wildman–Crippen LogP) is 2.55. The van der Waals surface area contributed by atoms with Crippen molar-refractivity contribution in [2.45, 2.75) is 39.0 Å². The van der Waals surface area contributed by atoms with Crippen LogP contribution in [0.25, 0.3) is 16.7 Å². The number of alkyl halides is 1. The van der Waals surface area contributed by atoms with Gasteiger partial charge < -0.3 is 15.4 Å². The number of nitrogens with zero attached hydrogens (tertiary/aromatic N) is 6. The lowest BCUT2D eigenvalue weighted by Crippen LogP contribution is -2.20. The summed E-state index contributed by atoms with van der Waals surface area (Å²) in [5.74, 6) is 6.52. The van der Waals surface area contributed by atoms with Crippen molar-refractivity contribution in [2.75, 3.05) is 5.73 Å². The lowest BCUT2D eigenvalue weighted by molar-refractivity contribution is 0.108. The number of rotatable bonds is 3. The lowest BCUT2D eigenvalue weighted by atomic mass is 10.0. The van der Waals surface area contributed by atoms with Gasteiger partial charge in [-0.05, 0) is 39.0 Å². The van der Waals surface area contributed by atoms with Crippen LogP contribution in [0.15, 0.2) is 35.0 Å². The van der Waals surface area contributed by atoms with Gasteiger partial charge in [0.25, 0.3) is 0 Å². The number of nitrogen functional groups attached to an aromatic ring is 1. The summed E-state index contributed by atoms with van der Waals surface area (Å²) in [6.07, 6.45) is 1.50. The molecule has 0 radical (unpaired) electrons. The summed E-state index contributed by atoms with van der Waals surface area (Å²) in [6.45, 7) is 5.97. The molecule has 31 heavy (non-hydrogen) atoms. The minimum atomic E-state index is -1.69. The number of aliphatic hydroxyl groups is 1. The van der Waals surface area contributed by atoms with Crippen molar-refractivity contribution in [3.63, 3.8) is 0 Å². The Morgan fingerprint density at radius 2 is 1.97 bits per heavy atom. The molecule has 9 nitrogen and oxygen atoms in total. The highest BCUT2D eigenvalue weighted by molar-refractivity contribution is 5.85. The van der Waals surface area contributed by atoms with Gasteiger partial charge in [-0.1, -0.05) is 17.0 Å². The van der Waals surface area contributed by atoms with Gasteiger partial charge in [0.1, 0.15) is 11.4 Å². The van der Waals surface area contributed by atoms with E-state index in [1.165, 1.54) is 31.6 Å². The first kappa shape index (κ1) is 20.4. The maximum absolute atomic E-state index is 14.8. The third-order valence-electron chi connectivity index (χ3n) is 4.53. The van der Waals surface area contributed by atoms with Gasteiger partial charge in [-0.3, -0.25) is 0 Å². The molecule has 0 bridgehead atoms. The van der Waals surface area contributed by atoms with Gasteiger partial charge in [0.15, 0.2) is 11.4 Å². The first-order chi connectivity index (χ1) is 14.5. The molecule has 10 heteroatoms. The number of benzene rings is 1. The van der Waals surface area contributed by atoms with Crippen molar-refractivity contribution in [2.24, 2.45) is 0 Å². The smallest absolute Gasteiger partial charge is 0.223 e. The van der Waals surface area contributed by atoms with Crippen LogP contribution in [0.3, 0.4) is 0 Å². The Labute approximate surface area is 177 Å². The topological polar surface area (TPSA) is 129 Å². The van der Waals surface area contributed by atoms with Gasteiger partial charge in [-0.25, -0.2) is 14.1 Å². The van der Waals surface area contributed by atoms with Crippen LogP contribution in [0, 0.1) is 18.8 Å². The number of hydrogen-bond acceptors (Lipinski definition) is 8. The van der Waals surface area contributed by atoms with E-state index in [-0.39, 0.29) is 17.5 Å². The molecule has 0 fully saturated rings. The maximum atomic E-state index is 14.8. The number of fused-ring (bicyclic) bond motifs is 1. The van der Waals surface area contributed by atoms with E-state index >= 15 is 0 Å². The van der Waals surface area contributed by atoms with Crippen LogP contribution in [0.2, 0.25) is 0 Å². The van der Waals surface area contributed by atoms with E-state index in [4.69, 9.17) is 10.3 Å². The highest BCUT2D eigenvalue weighted by Gasteiger charge is 2.28. The summed E-state index contributed by atoms with van der Waals surface area (Å²) >= 11 is 0. The lowest BCUT2D eigenvalue weighted by Gasteiger charge is -2.11. The fourth-order valence-corrected chi connectivity index (χ4v) is 3.03. The van der Waals surface area contributed by atoms with Crippen molar-refractivity contribution in [3.05, 3.63) is 53.4 Å². The van der Waals surface area contributed by atoms with Gasteiger partial charge in [-0.2, -0.15) is 15.1 Å². The molecule has 1 aromatic carbocycles. The van der Waals surface area contributed by atoms with Gasteiger partial charge in [0.2, 0.25) is 17.7 Å². The Balaban J connectivity index is 1.84. The molecule has 1 unspecified atom stereocenters. The minimum absolute atomic E-state index is 0.0709. The molecule has 0 aliphatic rings. The van der Waals surface area contributed by atoms with Crippen LogP contribution in [-0.2, 0) is 11.3 Å². The average Bonchev–Trinajstić information content (AvgIpc) is 3.30. The minimum Gasteiger partial charge on any atom is -0.371 e. The molecule has 3 heterocycles. The van der Waals surface area contributed by atoms with Crippen LogP contribution in [-0.4, -0.2) is 35.0 Å². The normalized spacial score (nSPS) is 13.6. The Bertz CT molecular complexity index is 1340. The Morgan fingerprint density at radius 1 is 1.19 bits per heavy atom. The molecule has 0 spiro atoms. The predicted molar refractivity (Wildman–Crippen MR) is 111 cm³/mol. The molecule has 0 amide bonds. The fourth-order valence-electron chi connectivity index (χ4n) is 3.03. The van der Waals surface area contributed by atoms with Gasteiger partial charge in [0, 0.05) is 30.1 Å². The summed E-state index contributed by atoms with van der Waals surface area (Å²) in [7, 11) is 0. The van der Waals surface area contributed by atoms with Crippen molar-refractivity contribution < 1.29 is 14.0 Å². The highest BCUT2D eigenvalue weighted by atomic mass is 19.1. The van der Waals surface area contributed by atoms with Crippen LogP contribution < -0.4 is 5.73 Å². The summed E-state index contributed by atoms with van der Waals surface area (Å²) in [5, 5.41) is 19.4. The Hall–Kier alpha value is -3.84. The Morgan fingerprint density at radius 3 is 2.61 bits per heavy atom. The van der Waals surface area contributed by atoms with Gasteiger partial charge in [-0.15, -0.1) is 0 Å². The zero-order valence-electron chi connectivity index (χ0n) is 17.4. The molecule has 3 aromatic heterocycles. The molecule has 4 rings (SSSR count). The largest absolute Gasteiger partial charge is 0.371 e. The second kappa shape index (κ2) is 7.14. The van der Waals surface area contributed by atoms with E-state index in [0.29, 0.717) is 28.2 Å². The van der Waals surface area contributed by atoms with Crippen molar-refractivity contribution in [1.29, 1.82) is 0 Å². The van der Waals surface area contributed by atoms with E-state index in [1.807, 2.05) is 0 Å². The first-order valence-corrected chi connectivity index (χ1v) is 9.42. The van der Waals surface area contributed by atoms with Crippen LogP contribution >= 0.6 is 0 Å². The SMILES string of the molecule is Cc1nc(C(C)(O)C#Cc2ccc3c(C(C)(C)F)nn(-c4ccnc(N)n4)c3c2)no1. The summed E-state index contributed by atoms with van der Waals surface area (Å²) < 4.78 is 21.2. The van der Waals surface area contributed by atoms with Crippen molar-refractivity contribution in [1.82, 2.24) is 29.9 Å².